The molecule has 0 amide bonds. The quantitative estimate of drug-likeness (QED) is 0.887. The molecule has 0 radical (unpaired) electrons. The zero-order valence-corrected chi connectivity index (χ0v) is 11.9. The van der Waals surface area contributed by atoms with E-state index in [1.165, 1.54) is 0 Å². The van der Waals surface area contributed by atoms with Crippen molar-refractivity contribution in [3.05, 3.63) is 44.2 Å². The highest BCUT2D eigenvalue weighted by molar-refractivity contribution is 6.44. The number of rotatable bonds is 3. The summed E-state index contributed by atoms with van der Waals surface area (Å²) in [6.45, 7) is 2.66. The molecular weight excluding hydrogens is 295 g/mol. The monoisotopic (exact) mass is 304 g/mol. The van der Waals surface area contributed by atoms with E-state index in [0.717, 1.165) is 17.0 Å². The smallest absolute Gasteiger partial charge is 0.0991 e. The molecule has 0 atom stereocenters. The summed E-state index contributed by atoms with van der Waals surface area (Å²) in [7, 11) is 0. The Morgan fingerprint density at radius 2 is 1.89 bits per heavy atom. The Kier molecular flexibility index (Phi) is 4.12. The van der Waals surface area contributed by atoms with Gasteiger partial charge in [0, 0.05) is 17.1 Å². The van der Waals surface area contributed by atoms with Gasteiger partial charge in [0.1, 0.15) is 0 Å². The van der Waals surface area contributed by atoms with Gasteiger partial charge < -0.3 is 5.73 Å². The molecule has 2 N–H and O–H groups in total. The summed E-state index contributed by atoms with van der Waals surface area (Å²) in [5, 5.41) is 9.45. The van der Waals surface area contributed by atoms with Crippen molar-refractivity contribution in [1.29, 1.82) is 0 Å². The van der Waals surface area contributed by atoms with Crippen LogP contribution in [0.15, 0.2) is 12.1 Å². The Bertz CT molecular complexity index is 580. The van der Waals surface area contributed by atoms with E-state index in [4.69, 9.17) is 40.5 Å². The van der Waals surface area contributed by atoms with Crippen LogP contribution in [0.4, 0.5) is 0 Å². The molecule has 1 aromatic heterocycles. The van der Waals surface area contributed by atoms with Gasteiger partial charge >= 0.3 is 0 Å². The van der Waals surface area contributed by atoms with Crippen LogP contribution in [0.3, 0.4) is 0 Å². The van der Waals surface area contributed by atoms with Gasteiger partial charge in [0.05, 0.1) is 28.0 Å². The van der Waals surface area contributed by atoms with Gasteiger partial charge in [-0.25, -0.2) is 4.68 Å². The molecule has 4 nitrogen and oxygen atoms in total. The largest absolute Gasteiger partial charge is 0.325 e. The van der Waals surface area contributed by atoms with Crippen LogP contribution in [-0.4, -0.2) is 15.0 Å². The molecule has 0 spiro atoms. The lowest BCUT2D eigenvalue weighted by molar-refractivity contribution is 0.633. The van der Waals surface area contributed by atoms with Crippen LogP contribution in [-0.2, 0) is 13.1 Å². The second-order valence-electron chi connectivity index (χ2n) is 3.81. The lowest BCUT2D eigenvalue weighted by Crippen LogP contribution is -2.06. The van der Waals surface area contributed by atoms with Crippen molar-refractivity contribution in [1.82, 2.24) is 15.0 Å². The summed E-state index contributed by atoms with van der Waals surface area (Å²) < 4.78 is 1.70. The highest BCUT2D eigenvalue weighted by Gasteiger charge is 2.13. The summed E-state index contributed by atoms with van der Waals surface area (Å²) >= 11 is 18.2. The van der Waals surface area contributed by atoms with Crippen molar-refractivity contribution < 1.29 is 0 Å². The molecule has 0 aliphatic rings. The van der Waals surface area contributed by atoms with Gasteiger partial charge in [-0.1, -0.05) is 40.0 Å². The van der Waals surface area contributed by atoms with Gasteiger partial charge in [-0.15, -0.1) is 5.10 Å². The number of hydrogen-bond acceptors (Lipinski definition) is 3. The van der Waals surface area contributed by atoms with Crippen LogP contribution in [0.1, 0.15) is 17.0 Å². The van der Waals surface area contributed by atoms with Gasteiger partial charge in [0.15, 0.2) is 0 Å². The first-order valence-corrected chi connectivity index (χ1v) is 6.39. The summed E-state index contributed by atoms with van der Waals surface area (Å²) in [4.78, 5) is 0. The summed E-state index contributed by atoms with van der Waals surface area (Å²) in [6, 6.07) is 3.37. The topological polar surface area (TPSA) is 56.7 Å². The van der Waals surface area contributed by atoms with Crippen molar-refractivity contribution in [3.8, 4) is 0 Å². The number of hydrogen-bond donors (Lipinski definition) is 1. The predicted molar refractivity (Wildman–Crippen MR) is 73.2 cm³/mol. The van der Waals surface area contributed by atoms with Crippen LogP contribution < -0.4 is 5.73 Å². The maximum atomic E-state index is 6.14. The maximum absolute atomic E-state index is 6.14. The third-order valence-corrected chi connectivity index (χ3v) is 3.92. The Labute approximate surface area is 120 Å². The lowest BCUT2D eigenvalue weighted by Gasteiger charge is -2.09. The molecular formula is C11H11Cl3N4. The molecule has 0 saturated carbocycles. The molecule has 96 valence electrons. The average Bonchev–Trinajstić information content (AvgIpc) is 2.71. The molecule has 0 bridgehead atoms. The summed E-state index contributed by atoms with van der Waals surface area (Å²) in [5.41, 5.74) is 7.92. The number of nitrogens with two attached hydrogens (primary N) is 1. The van der Waals surface area contributed by atoms with E-state index < -0.39 is 0 Å². The second-order valence-corrected chi connectivity index (χ2v) is 5.00. The van der Waals surface area contributed by atoms with Crippen LogP contribution in [0.2, 0.25) is 15.1 Å². The van der Waals surface area contributed by atoms with Crippen LogP contribution in [0.25, 0.3) is 0 Å². The molecule has 2 aromatic rings. The third kappa shape index (κ3) is 2.47. The van der Waals surface area contributed by atoms with Crippen molar-refractivity contribution in [3.63, 3.8) is 0 Å². The minimum absolute atomic E-state index is 0.350. The fourth-order valence-electron chi connectivity index (χ4n) is 1.60. The van der Waals surface area contributed by atoms with Crippen LogP contribution in [0, 0.1) is 6.92 Å². The maximum Gasteiger partial charge on any atom is 0.0991 e. The van der Waals surface area contributed by atoms with Gasteiger partial charge in [-0.2, -0.15) is 0 Å². The van der Waals surface area contributed by atoms with E-state index >= 15 is 0 Å². The minimum atomic E-state index is 0.350. The molecule has 7 heteroatoms. The molecule has 1 heterocycles. The van der Waals surface area contributed by atoms with E-state index in [1.54, 1.807) is 16.8 Å². The summed E-state index contributed by atoms with van der Waals surface area (Å²) in [5.74, 6) is 0. The second kappa shape index (κ2) is 5.45. The van der Waals surface area contributed by atoms with Crippen LogP contribution in [0.5, 0.6) is 0 Å². The van der Waals surface area contributed by atoms with E-state index in [1.807, 2.05) is 6.92 Å². The number of halogens is 3. The fraction of sp³-hybridized carbons (Fsp3) is 0.273. The SMILES string of the molecule is Cc1c(CN)nnn1Cc1c(Cl)ccc(Cl)c1Cl. The van der Waals surface area contributed by atoms with Crippen LogP contribution >= 0.6 is 34.8 Å². The Hall–Kier alpha value is -0.810. The first kappa shape index (κ1) is 13.6. The normalized spacial score (nSPS) is 10.9. The van der Waals surface area contributed by atoms with Crippen molar-refractivity contribution in [2.75, 3.05) is 0 Å². The molecule has 18 heavy (non-hydrogen) atoms. The van der Waals surface area contributed by atoms with E-state index in [0.29, 0.717) is 28.2 Å². The average molecular weight is 306 g/mol. The third-order valence-electron chi connectivity index (χ3n) is 2.72. The van der Waals surface area contributed by atoms with Crippen molar-refractivity contribution >= 4 is 34.8 Å². The molecule has 0 aliphatic heterocycles. The predicted octanol–water partition coefficient (Wildman–Crippen LogP) is 3.05. The van der Waals surface area contributed by atoms with E-state index in [9.17, 15) is 0 Å². The zero-order valence-electron chi connectivity index (χ0n) is 9.62. The lowest BCUT2D eigenvalue weighted by atomic mass is 10.2. The van der Waals surface area contributed by atoms with E-state index in [2.05, 4.69) is 10.3 Å². The van der Waals surface area contributed by atoms with Gasteiger partial charge in [0.25, 0.3) is 0 Å². The van der Waals surface area contributed by atoms with E-state index in [-0.39, 0.29) is 0 Å². The molecule has 0 fully saturated rings. The van der Waals surface area contributed by atoms with Gasteiger partial charge in [-0.05, 0) is 19.1 Å². The van der Waals surface area contributed by atoms with Gasteiger partial charge in [0.2, 0.25) is 0 Å². The minimum Gasteiger partial charge on any atom is -0.325 e. The van der Waals surface area contributed by atoms with Crippen molar-refractivity contribution in [2.45, 2.75) is 20.0 Å². The molecule has 0 saturated heterocycles. The number of nitrogens with zero attached hydrogens (tertiary/aromatic N) is 3. The number of aromatic nitrogens is 3. The summed E-state index contributed by atoms with van der Waals surface area (Å²) in [6.07, 6.45) is 0. The van der Waals surface area contributed by atoms with Gasteiger partial charge in [-0.3, -0.25) is 0 Å². The molecule has 1 aromatic carbocycles. The standard InChI is InChI=1S/C11H11Cl3N4/c1-6-10(4-15)16-17-18(6)5-7-8(12)2-3-9(13)11(7)14/h2-3H,4-5,15H2,1H3. The Morgan fingerprint density at radius 3 is 2.50 bits per heavy atom. The highest BCUT2D eigenvalue weighted by Crippen LogP contribution is 2.32. The number of benzene rings is 1. The molecule has 0 unspecified atom stereocenters. The molecule has 2 rings (SSSR count). The Morgan fingerprint density at radius 1 is 1.22 bits per heavy atom. The molecule has 0 aliphatic carbocycles. The Balaban J connectivity index is 2.40. The van der Waals surface area contributed by atoms with Crippen molar-refractivity contribution in [2.24, 2.45) is 5.73 Å². The first-order chi connectivity index (χ1) is 8.54. The highest BCUT2D eigenvalue weighted by atomic mass is 35.5. The fourth-order valence-corrected chi connectivity index (χ4v) is 2.27. The first-order valence-electron chi connectivity index (χ1n) is 5.26. The zero-order chi connectivity index (χ0) is 13.3.